The van der Waals surface area contributed by atoms with E-state index in [0.29, 0.717) is 5.69 Å². The van der Waals surface area contributed by atoms with Gasteiger partial charge >= 0.3 is 0 Å². The monoisotopic (exact) mass is 286 g/mol. The molecule has 0 heterocycles. The van der Waals surface area contributed by atoms with Crippen LogP contribution in [0, 0.1) is 5.41 Å². The predicted molar refractivity (Wildman–Crippen MR) is 72.5 cm³/mol. The molecule has 0 aliphatic rings. The maximum Gasteiger partial charge on any atom is 0.241 e. The number of methoxy groups -OCH3 is 1. The Morgan fingerprint density at radius 3 is 2.32 bits per heavy atom. The number of ether oxygens (including phenoxy) is 1. The molecule has 1 amide bonds. The van der Waals surface area contributed by atoms with Gasteiger partial charge in [0.05, 0.1) is 7.11 Å². The van der Waals surface area contributed by atoms with Gasteiger partial charge in [-0.3, -0.25) is 4.79 Å². The Bertz CT molecular complexity index is 588. The summed E-state index contributed by atoms with van der Waals surface area (Å²) in [6.45, 7) is 5.33. The molecule has 1 rings (SSSR count). The van der Waals surface area contributed by atoms with Crippen molar-refractivity contribution in [2.24, 2.45) is 10.6 Å². The zero-order chi connectivity index (χ0) is 14.8. The second-order valence-corrected chi connectivity index (χ2v) is 6.64. The number of anilines is 1. The van der Waals surface area contributed by atoms with E-state index >= 15 is 0 Å². The third kappa shape index (κ3) is 3.93. The second-order valence-electron chi connectivity index (χ2n) is 5.11. The smallest absolute Gasteiger partial charge is 0.241 e. The van der Waals surface area contributed by atoms with Crippen molar-refractivity contribution in [2.75, 3.05) is 12.4 Å². The van der Waals surface area contributed by atoms with Crippen molar-refractivity contribution in [1.82, 2.24) is 0 Å². The van der Waals surface area contributed by atoms with Gasteiger partial charge in [0, 0.05) is 17.2 Å². The van der Waals surface area contributed by atoms with Gasteiger partial charge in [0.25, 0.3) is 0 Å². The molecular weight excluding hydrogens is 268 g/mol. The van der Waals surface area contributed by atoms with Crippen LogP contribution in [0.4, 0.5) is 5.69 Å². The molecule has 106 valence electrons. The minimum atomic E-state index is -3.86. The maximum atomic E-state index is 11.8. The van der Waals surface area contributed by atoms with E-state index in [-0.39, 0.29) is 16.6 Å². The van der Waals surface area contributed by atoms with Crippen molar-refractivity contribution in [3.05, 3.63) is 18.2 Å². The van der Waals surface area contributed by atoms with Crippen molar-refractivity contribution in [3.63, 3.8) is 0 Å². The number of nitrogens with two attached hydrogens (primary N) is 1. The van der Waals surface area contributed by atoms with E-state index in [0.717, 1.165) is 0 Å². The van der Waals surface area contributed by atoms with Gasteiger partial charge in [0.15, 0.2) is 0 Å². The fraction of sp³-hybridized carbons (Fsp3) is 0.417. The Labute approximate surface area is 113 Å². The van der Waals surface area contributed by atoms with Crippen LogP contribution < -0.4 is 15.2 Å². The van der Waals surface area contributed by atoms with Crippen molar-refractivity contribution in [1.29, 1.82) is 0 Å². The van der Waals surface area contributed by atoms with E-state index < -0.39 is 15.4 Å². The van der Waals surface area contributed by atoms with Crippen molar-refractivity contribution < 1.29 is 17.9 Å². The lowest BCUT2D eigenvalue weighted by Crippen LogP contribution is -2.27. The van der Waals surface area contributed by atoms with Crippen LogP contribution in [0.3, 0.4) is 0 Å². The molecule has 1 aromatic rings. The molecule has 6 nitrogen and oxygen atoms in total. The maximum absolute atomic E-state index is 11.8. The Morgan fingerprint density at radius 1 is 1.32 bits per heavy atom. The highest BCUT2D eigenvalue weighted by atomic mass is 32.2. The van der Waals surface area contributed by atoms with Crippen LogP contribution in [0.2, 0.25) is 0 Å². The third-order valence-corrected chi connectivity index (χ3v) is 3.36. The van der Waals surface area contributed by atoms with Crippen molar-refractivity contribution >= 4 is 21.6 Å². The van der Waals surface area contributed by atoms with Gasteiger partial charge in [-0.05, 0) is 12.1 Å². The first kappa shape index (κ1) is 15.5. The van der Waals surface area contributed by atoms with Gasteiger partial charge < -0.3 is 10.1 Å². The van der Waals surface area contributed by atoms with E-state index in [2.05, 4.69) is 5.32 Å². The number of hydrogen-bond acceptors (Lipinski definition) is 4. The number of sulfonamides is 1. The fourth-order valence-electron chi connectivity index (χ4n) is 1.30. The van der Waals surface area contributed by atoms with Gasteiger partial charge in [0.2, 0.25) is 15.9 Å². The number of rotatable bonds is 3. The highest BCUT2D eigenvalue weighted by molar-refractivity contribution is 7.89. The number of hydrogen-bond donors (Lipinski definition) is 2. The summed E-state index contributed by atoms with van der Waals surface area (Å²) < 4.78 is 27.6. The average molecular weight is 286 g/mol. The summed E-state index contributed by atoms with van der Waals surface area (Å²) in [4.78, 5) is 11.7. The number of carbonyl (C=O) groups is 1. The summed E-state index contributed by atoms with van der Waals surface area (Å²) in [7, 11) is -2.52. The molecule has 3 N–H and O–H groups in total. The lowest BCUT2D eigenvalue weighted by molar-refractivity contribution is -0.123. The molecule has 0 aliphatic heterocycles. The zero-order valence-electron chi connectivity index (χ0n) is 11.4. The van der Waals surface area contributed by atoms with E-state index in [1.807, 2.05) is 0 Å². The molecule has 1 aromatic carbocycles. The number of primary sulfonamides is 1. The van der Waals surface area contributed by atoms with E-state index in [9.17, 15) is 13.2 Å². The molecule has 0 unspecified atom stereocenters. The third-order valence-electron chi connectivity index (χ3n) is 2.41. The normalized spacial score (nSPS) is 12.1. The molecule has 0 radical (unpaired) electrons. The first-order chi connectivity index (χ1) is 8.55. The van der Waals surface area contributed by atoms with E-state index in [1.165, 1.54) is 25.3 Å². The average Bonchev–Trinajstić information content (AvgIpc) is 2.26. The molecule has 0 bridgehead atoms. The van der Waals surface area contributed by atoms with Crippen LogP contribution in [0.5, 0.6) is 5.75 Å². The molecule has 0 spiro atoms. The molecule has 7 heteroatoms. The molecule has 0 aromatic heterocycles. The van der Waals surface area contributed by atoms with Crippen LogP contribution >= 0.6 is 0 Å². The van der Waals surface area contributed by atoms with E-state index in [1.54, 1.807) is 20.8 Å². The van der Waals surface area contributed by atoms with E-state index in [4.69, 9.17) is 9.88 Å². The van der Waals surface area contributed by atoms with Gasteiger partial charge in [0.1, 0.15) is 10.6 Å². The second kappa shape index (κ2) is 5.18. The van der Waals surface area contributed by atoms with Gasteiger partial charge in [-0.25, -0.2) is 13.6 Å². The van der Waals surface area contributed by atoms with Crippen LogP contribution in [-0.4, -0.2) is 21.4 Å². The predicted octanol–water partition coefficient (Wildman–Crippen LogP) is 1.33. The first-order valence-electron chi connectivity index (χ1n) is 5.58. The van der Waals surface area contributed by atoms with Crippen LogP contribution in [0.1, 0.15) is 20.8 Å². The molecule has 0 atom stereocenters. The number of benzene rings is 1. The molecule has 0 saturated heterocycles. The topological polar surface area (TPSA) is 98.5 Å². The highest BCUT2D eigenvalue weighted by Gasteiger charge is 2.22. The zero-order valence-corrected chi connectivity index (χ0v) is 12.2. The molecule has 0 fully saturated rings. The fourth-order valence-corrected chi connectivity index (χ4v) is 1.98. The number of nitrogens with one attached hydrogen (secondary N) is 1. The standard InChI is InChI=1S/C12H18N2O4S/c1-12(2,3)11(15)14-8-5-6-10(19(13,16)17)9(7-8)18-4/h5-7H,1-4H3,(H,14,15)(H2,13,16,17). The summed E-state index contributed by atoms with van der Waals surface area (Å²) in [6, 6.07) is 4.18. The van der Waals surface area contributed by atoms with Crippen molar-refractivity contribution in [3.8, 4) is 5.75 Å². The summed E-state index contributed by atoms with van der Waals surface area (Å²) >= 11 is 0. The van der Waals surface area contributed by atoms with Gasteiger partial charge in [-0.1, -0.05) is 20.8 Å². The Balaban J connectivity index is 3.12. The summed E-state index contributed by atoms with van der Waals surface area (Å²) in [5.74, 6) is -0.0906. The minimum absolute atomic E-state index is 0.0919. The van der Waals surface area contributed by atoms with Crippen LogP contribution in [0.25, 0.3) is 0 Å². The SMILES string of the molecule is COc1cc(NC(=O)C(C)(C)C)ccc1S(N)(=O)=O. The Morgan fingerprint density at radius 2 is 1.89 bits per heavy atom. The summed E-state index contributed by atoms with van der Waals surface area (Å²) in [6.07, 6.45) is 0. The molecule has 0 saturated carbocycles. The first-order valence-corrected chi connectivity index (χ1v) is 7.12. The van der Waals surface area contributed by atoms with Crippen LogP contribution in [0.15, 0.2) is 23.1 Å². The highest BCUT2D eigenvalue weighted by Crippen LogP contribution is 2.27. The molecule has 19 heavy (non-hydrogen) atoms. The molecular formula is C12H18N2O4S. The summed E-state index contributed by atoms with van der Waals surface area (Å²) in [5, 5.41) is 7.74. The number of carbonyl (C=O) groups excluding carboxylic acids is 1. The van der Waals surface area contributed by atoms with Gasteiger partial charge in [-0.2, -0.15) is 0 Å². The molecule has 0 aliphatic carbocycles. The Hall–Kier alpha value is -1.60. The van der Waals surface area contributed by atoms with Crippen molar-refractivity contribution in [2.45, 2.75) is 25.7 Å². The minimum Gasteiger partial charge on any atom is -0.495 e. The quantitative estimate of drug-likeness (QED) is 0.875. The summed E-state index contributed by atoms with van der Waals surface area (Å²) in [5.41, 5.74) is -0.101. The largest absolute Gasteiger partial charge is 0.495 e. The lowest BCUT2D eigenvalue weighted by Gasteiger charge is -2.18. The van der Waals surface area contributed by atoms with Crippen LogP contribution in [-0.2, 0) is 14.8 Å². The Kier molecular flexibility index (Phi) is 4.21. The number of amides is 1. The lowest BCUT2D eigenvalue weighted by atomic mass is 9.95. The van der Waals surface area contributed by atoms with Gasteiger partial charge in [-0.15, -0.1) is 0 Å².